The van der Waals surface area contributed by atoms with Crippen LogP contribution in [0.25, 0.3) is 0 Å². The molecule has 198 valence electrons. The highest BCUT2D eigenvalue weighted by Crippen LogP contribution is 2.33. The number of nitrogens with one attached hydrogen (secondary N) is 1. The van der Waals surface area contributed by atoms with E-state index in [0.29, 0.717) is 16.3 Å². The molecule has 0 unspecified atom stereocenters. The van der Waals surface area contributed by atoms with Gasteiger partial charge in [0.15, 0.2) is 0 Å². The molecule has 0 radical (unpaired) electrons. The van der Waals surface area contributed by atoms with Crippen LogP contribution in [0.5, 0.6) is 5.75 Å². The summed E-state index contributed by atoms with van der Waals surface area (Å²) in [6.45, 7) is 11.3. The van der Waals surface area contributed by atoms with Gasteiger partial charge in [-0.05, 0) is 92.3 Å². The summed E-state index contributed by atoms with van der Waals surface area (Å²) in [7, 11) is -2.40. The Bertz CT molecular complexity index is 1390. The lowest BCUT2D eigenvalue weighted by atomic mass is 9.93. The highest BCUT2D eigenvalue weighted by atomic mass is 35.5. The van der Waals surface area contributed by atoms with Crippen molar-refractivity contribution in [3.05, 3.63) is 87.4 Å². The fourth-order valence-corrected chi connectivity index (χ4v) is 5.94. The van der Waals surface area contributed by atoms with Gasteiger partial charge in [-0.1, -0.05) is 49.2 Å². The first-order valence-electron chi connectivity index (χ1n) is 12.2. The van der Waals surface area contributed by atoms with Crippen LogP contribution < -0.4 is 14.4 Å². The quantitative estimate of drug-likeness (QED) is 0.336. The van der Waals surface area contributed by atoms with Crippen LogP contribution in [0.3, 0.4) is 0 Å². The predicted molar refractivity (Wildman–Crippen MR) is 150 cm³/mol. The molecule has 0 saturated heterocycles. The fourth-order valence-electron chi connectivity index (χ4n) is 4.29. The van der Waals surface area contributed by atoms with Crippen molar-refractivity contribution in [3.63, 3.8) is 0 Å². The van der Waals surface area contributed by atoms with Crippen molar-refractivity contribution in [1.82, 2.24) is 5.32 Å². The van der Waals surface area contributed by atoms with E-state index in [1.165, 1.54) is 0 Å². The average molecular weight is 543 g/mol. The maximum Gasteiger partial charge on any atom is 0.264 e. The number of aryl methyl sites for hydroxylation is 3. The van der Waals surface area contributed by atoms with Gasteiger partial charge in [0.1, 0.15) is 12.3 Å². The average Bonchev–Trinajstić information content (AvgIpc) is 2.83. The van der Waals surface area contributed by atoms with Crippen molar-refractivity contribution in [2.24, 2.45) is 0 Å². The van der Waals surface area contributed by atoms with E-state index in [2.05, 4.69) is 19.2 Å². The Morgan fingerprint density at radius 1 is 0.946 bits per heavy atom. The maximum absolute atomic E-state index is 13.7. The van der Waals surface area contributed by atoms with E-state index >= 15 is 0 Å². The SMILES string of the molecule is COc1cc(C)c([C@H](C)NC(=O)CN(c2cc(Cl)ccc2C)S(=O)(=O)c2ccc(C)cc2)cc1C(C)C. The first-order valence-corrected chi connectivity index (χ1v) is 14.0. The third-order valence-electron chi connectivity index (χ3n) is 6.42. The first kappa shape index (κ1) is 28.5. The summed E-state index contributed by atoms with van der Waals surface area (Å²) in [6.07, 6.45) is 0. The smallest absolute Gasteiger partial charge is 0.264 e. The fraction of sp³-hybridized carbons (Fsp3) is 0.345. The molecule has 1 amide bonds. The zero-order valence-corrected chi connectivity index (χ0v) is 24.0. The van der Waals surface area contributed by atoms with Gasteiger partial charge in [-0.3, -0.25) is 9.10 Å². The topological polar surface area (TPSA) is 75.7 Å². The lowest BCUT2D eigenvalue weighted by Gasteiger charge is -2.27. The predicted octanol–water partition coefficient (Wildman–Crippen LogP) is 6.47. The molecule has 37 heavy (non-hydrogen) atoms. The highest BCUT2D eigenvalue weighted by molar-refractivity contribution is 7.92. The number of ether oxygens (including phenoxy) is 1. The van der Waals surface area contributed by atoms with Crippen molar-refractivity contribution in [1.29, 1.82) is 0 Å². The summed E-state index contributed by atoms with van der Waals surface area (Å²) in [6, 6.07) is 15.2. The Labute approximate surface area is 225 Å². The van der Waals surface area contributed by atoms with Crippen LogP contribution in [0.15, 0.2) is 59.5 Å². The molecule has 0 spiro atoms. The largest absolute Gasteiger partial charge is 0.496 e. The number of nitrogens with zero attached hydrogens (tertiary/aromatic N) is 1. The molecule has 1 N–H and O–H groups in total. The molecule has 0 aliphatic rings. The minimum absolute atomic E-state index is 0.103. The summed E-state index contributed by atoms with van der Waals surface area (Å²) in [5.74, 6) is 0.614. The van der Waals surface area contributed by atoms with Gasteiger partial charge in [-0.25, -0.2) is 8.42 Å². The number of amides is 1. The Hall–Kier alpha value is -3.03. The van der Waals surface area contributed by atoms with Crippen LogP contribution in [0, 0.1) is 20.8 Å². The van der Waals surface area contributed by atoms with E-state index in [4.69, 9.17) is 16.3 Å². The minimum atomic E-state index is -4.04. The summed E-state index contributed by atoms with van der Waals surface area (Å²) < 4.78 is 34.1. The van der Waals surface area contributed by atoms with Crippen LogP contribution in [0.1, 0.15) is 60.5 Å². The number of hydrogen-bond donors (Lipinski definition) is 1. The molecule has 6 nitrogen and oxygen atoms in total. The van der Waals surface area contributed by atoms with E-state index < -0.39 is 22.5 Å². The van der Waals surface area contributed by atoms with Crippen molar-refractivity contribution in [2.45, 2.75) is 58.4 Å². The van der Waals surface area contributed by atoms with Crippen molar-refractivity contribution in [2.75, 3.05) is 18.0 Å². The van der Waals surface area contributed by atoms with Gasteiger partial charge in [0.25, 0.3) is 10.0 Å². The number of anilines is 1. The summed E-state index contributed by atoms with van der Waals surface area (Å²) >= 11 is 6.23. The molecule has 1 atom stereocenters. The zero-order valence-electron chi connectivity index (χ0n) is 22.4. The monoisotopic (exact) mass is 542 g/mol. The number of carbonyl (C=O) groups excluding carboxylic acids is 1. The van der Waals surface area contributed by atoms with Gasteiger partial charge < -0.3 is 10.1 Å². The lowest BCUT2D eigenvalue weighted by Crippen LogP contribution is -2.42. The van der Waals surface area contributed by atoms with Crippen LogP contribution in [-0.2, 0) is 14.8 Å². The van der Waals surface area contributed by atoms with Crippen molar-refractivity contribution >= 4 is 33.2 Å². The molecule has 3 aromatic carbocycles. The van der Waals surface area contributed by atoms with Crippen LogP contribution in [-0.4, -0.2) is 28.0 Å². The highest BCUT2D eigenvalue weighted by Gasteiger charge is 2.29. The van der Waals surface area contributed by atoms with E-state index in [0.717, 1.165) is 32.3 Å². The van der Waals surface area contributed by atoms with Gasteiger partial charge in [-0.15, -0.1) is 0 Å². The molecule has 0 bridgehead atoms. The second kappa shape index (κ2) is 11.6. The van der Waals surface area contributed by atoms with Gasteiger partial charge >= 0.3 is 0 Å². The summed E-state index contributed by atoms with van der Waals surface area (Å²) in [5, 5.41) is 3.37. The summed E-state index contributed by atoms with van der Waals surface area (Å²) in [4.78, 5) is 13.4. The molecule has 0 heterocycles. The number of benzene rings is 3. The Morgan fingerprint density at radius 3 is 2.19 bits per heavy atom. The molecule has 0 aliphatic heterocycles. The second-order valence-corrected chi connectivity index (χ2v) is 11.9. The normalized spacial score (nSPS) is 12.4. The number of sulfonamides is 1. The molecule has 3 rings (SSSR count). The minimum Gasteiger partial charge on any atom is -0.496 e. The zero-order chi connectivity index (χ0) is 27.5. The number of carbonyl (C=O) groups is 1. The summed E-state index contributed by atoms with van der Waals surface area (Å²) in [5.41, 5.74) is 4.95. The molecule has 0 fully saturated rings. The van der Waals surface area contributed by atoms with E-state index in [1.807, 2.05) is 32.9 Å². The first-order chi connectivity index (χ1) is 17.3. The maximum atomic E-state index is 13.7. The van der Waals surface area contributed by atoms with Crippen LogP contribution in [0.4, 0.5) is 5.69 Å². The number of halogens is 1. The van der Waals surface area contributed by atoms with E-state index in [1.54, 1.807) is 56.5 Å². The molecular formula is C29H35ClN2O4S. The Kier molecular flexibility index (Phi) is 8.92. The van der Waals surface area contributed by atoms with Gasteiger partial charge in [0.05, 0.1) is 23.7 Å². The number of rotatable bonds is 9. The Balaban J connectivity index is 1.96. The Morgan fingerprint density at radius 2 is 1.59 bits per heavy atom. The van der Waals surface area contributed by atoms with Crippen LogP contribution >= 0.6 is 11.6 Å². The standard InChI is InChI=1S/C29H35ClN2O4S/c1-18(2)25-16-26(21(5)14-28(25)36-7)22(6)31-29(33)17-32(27-15-23(30)11-10-20(27)4)37(34,35)24-12-8-19(3)9-13-24/h8-16,18,22H,17H2,1-7H3,(H,31,33)/t22-/m0/s1. The van der Waals surface area contributed by atoms with Crippen molar-refractivity contribution in [3.8, 4) is 5.75 Å². The van der Waals surface area contributed by atoms with E-state index in [9.17, 15) is 13.2 Å². The van der Waals surface area contributed by atoms with E-state index in [-0.39, 0.29) is 16.9 Å². The molecule has 0 aliphatic carbocycles. The van der Waals surface area contributed by atoms with Gasteiger partial charge in [-0.2, -0.15) is 0 Å². The molecular weight excluding hydrogens is 508 g/mol. The molecule has 8 heteroatoms. The van der Waals surface area contributed by atoms with Gasteiger partial charge in [0, 0.05) is 5.02 Å². The van der Waals surface area contributed by atoms with Crippen molar-refractivity contribution < 1.29 is 17.9 Å². The third-order valence-corrected chi connectivity index (χ3v) is 8.43. The second-order valence-electron chi connectivity index (χ2n) is 9.65. The number of hydrogen-bond acceptors (Lipinski definition) is 4. The lowest BCUT2D eigenvalue weighted by molar-refractivity contribution is -0.120. The van der Waals surface area contributed by atoms with Gasteiger partial charge in [0.2, 0.25) is 5.91 Å². The molecule has 3 aromatic rings. The number of methoxy groups -OCH3 is 1. The molecule has 0 aromatic heterocycles. The van der Waals surface area contributed by atoms with Crippen LogP contribution in [0.2, 0.25) is 5.02 Å². The molecule has 0 saturated carbocycles. The third kappa shape index (κ3) is 6.46.